The molecule has 1 aliphatic rings. The molecule has 2 rings (SSSR count). The summed E-state index contributed by atoms with van der Waals surface area (Å²) in [6.45, 7) is 8.03. The summed E-state index contributed by atoms with van der Waals surface area (Å²) in [5, 5.41) is 10.9. The molecule has 1 aromatic heterocycles. The molecule has 2 nitrogen and oxygen atoms in total. The number of aliphatic hydroxyl groups excluding tert-OH is 1. The molecule has 0 amide bonds. The van der Waals surface area contributed by atoms with E-state index in [-0.39, 0.29) is 6.61 Å². The van der Waals surface area contributed by atoms with Gasteiger partial charge in [-0.15, -0.1) is 11.3 Å². The molecule has 0 spiro atoms. The molecule has 0 saturated carbocycles. The van der Waals surface area contributed by atoms with Gasteiger partial charge >= 0.3 is 0 Å². The summed E-state index contributed by atoms with van der Waals surface area (Å²) in [6, 6.07) is 2.06. The van der Waals surface area contributed by atoms with Gasteiger partial charge in [0.2, 0.25) is 0 Å². The monoisotopic (exact) mass is 277 g/mol. The molecule has 1 aromatic rings. The number of rotatable bonds is 3. The first-order valence-corrected chi connectivity index (χ1v) is 7.97. The summed E-state index contributed by atoms with van der Waals surface area (Å²) in [5.74, 6) is 7.50. The summed E-state index contributed by atoms with van der Waals surface area (Å²) >= 11 is 1.77. The Labute approximate surface area is 120 Å². The molecule has 1 aliphatic heterocycles. The molecule has 1 fully saturated rings. The number of likely N-dealkylation sites (tertiary alicyclic amines) is 1. The number of nitrogens with zero attached hydrogens (tertiary/aromatic N) is 1. The van der Waals surface area contributed by atoms with Gasteiger partial charge in [0.15, 0.2) is 0 Å². The average molecular weight is 277 g/mol. The zero-order chi connectivity index (χ0) is 13.7. The first-order chi connectivity index (χ1) is 9.20. The van der Waals surface area contributed by atoms with E-state index in [4.69, 9.17) is 5.11 Å². The van der Waals surface area contributed by atoms with Crippen molar-refractivity contribution in [2.24, 2.45) is 11.8 Å². The Morgan fingerprint density at radius 2 is 2.16 bits per heavy atom. The minimum absolute atomic E-state index is 0.0604. The van der Waals surface area contributed by atoms with Crippen LogP contribution in [0.1, 0.15) is 37.1 Å². The Balaban J connectivity index is 1.91. The highest BCUT2D eigenvalue weighted by Gasteiger charge is 2.22. The zero-order valence-corrected chi connectivity index (χ0v) is 12.7. The SMILES string of the molecule is CC(C)C1CCN(Cc2sccc2C#CCO)CC1. The van der Waals surface area contributed by atoms with Crippen LogP contribution in [0.25, 0.3) is 0 Å². The third-order valence-corrected chi connectivity index (χ3v) is 4.90. The van der Waals surface area contributed by atoms with Crippen LogP contribution in [-0.2, 0) is 6.54 Å². The van der Waals surface area contributed by atoms with Gasteiger partial charge in [0, 0.05) is 17.0 Å². The molecule has 1 N–H and O–H groups in total. The molecule has 0 unspecified atom stereocenters. The molecule has 19 heavy (non-hydrogen) atoms. The third-order valence-electron chi connectivity index (χ3n) is 3.99. The molecular formula is C16H23NOS. The molecule has 1 saturated heterocycles. The second kappa shape index (κ2) is 7.09. The Hall–Kier alpha value is -0.820. The quantitative estimate of drug-likeness (QED) is 0.859. The predicted octanol–water partition coefficient (Wildman–Crippen LogP) is 2.96. The van der Waals surface area contributed by atoms with E-state index < -0.39 is 0 Å². The van der Waals surface area contributed by atoms with Crippen LogP contribution >= 0.6 is 11.3 Å². The van der Waals surface area contributed by atoms with Gasteiger partial charge in [-0.3, -0.25) is 4.90 Å². The number of hydrogen-bond donors (Lipinski definition) is 1. The fraction of sp³-hybridized carbons (Fsp3) is 0.625. The smallest absolute Gasteiger partial charge is 0.104 e. The molecule has 104 valence electrons. The lowest BCUT2D eigenvalue weighted by Gasteiger charge is -2.33. The molecule has 3 heteroatoms. The van der Waals surface area contributed by atoms with Crippen molar-refractivity contribution in [3.8, 4) is 11.8 Å². The maximum Gasteiger partial charge on any atom is 0.104 e. The standard InChI is InChI=1S/C16H23NOS/c1-13(2)14-5-8-17(9-6-14)12-16-15(4-3-10-18)7-11-19-16/h7,11,13-14,18H,5-6,8-10,12H2,1-2H3. The van der Waals surface area contributed by atoms with Crippen LogP contribution in [0.15, 0.2) is 11.4 Å². The molecule has 0 radical (unpaired) electrons. The molecular weight excluding hydrogens is 254 g/mol. The van der Waals surface area contributed by atoms with Gasteiger partial charge in [-0.1, -0.05) is 25.7 Å². The lowest BCUT2D eigenvalue weighted by Crippen LogP contribution is -2.34. The number of aliphatic hydroxyl groups is 1. The van der Waals surface area contributed by atoms with Crippen LogP contribution < -0.4 is 0 Å². The Morgan fingerprint density at radius 1 is 1.42 bits per heavy atom. The van der Waals surface area contributed by atoms with E-state index in [0.717, 1.165) is 23.9 Å². The van der Waals surface area contributed by atoms with Crippen LogP contribution in [0, 0.1) is 23.7 Å². The number of hydrogen-bond acceptors (Lipinski definition) is 3. The van der Waals surface area contributed by atoms with Crippen LogP contribution in [-0.4, -0.2) is 29.7 Å². The maximum absolute atomic E-state index is 8.78. The minimum atomic E-state index is -0.0604. The normalized spacial score (nSPS) is 17.5. The van der Waals surface area contributed by atoms with Crippen molar-refractivity contribution < 1.29 is 5.11 Å². The molecule has 0 aromatic carbocycles. The van der Waals surface area contributed by atoms with Gasteiger partial charge in [0.1, 0.15) is 6.61 Å². The zero-order valence-electron chi connectivity index (χ0n) is 11.9. The van der Waals surface area contributed by atoms with Crippen molar-refractivity contribution in [3.63, 3.8) is 0 Å². The summed E-state index contributed by atoms with van der Waals surface area (Å²) in [6.07, 6.45) is 2.64. The fourth-order valence-electron chi connectivity index (χ4n) is 2.69. The predicted molar refractivity (Wildman–Crippen MR) is 81.1 cm³/mol. The van der Waals surface area contributed by atoms with Crippen LogP contribution in [0.2, 0.25) is 0 Å². The first-order valence-electron chi connectivity index (χ1n) is 7.09. The van der Waals surface area contributed by atoms with Gasteiger partial charge < -0.3 is 5.11 Å². The molecule has 0 bridgehead atoms. The van der Waals surface area contributed by atoms with E-state index in [2.05, 4.69) is 42.0 Å². The highest BCUT2D eigenvalue weighted by Crippen LogP contribution is 2.26. The Kier molecular flexibility index (Phi) is 5.45. The Bertz CT molecular complexity index is 447. The largest absolute Gasteiger partial charge is 0.384 e. The van der Waals surface area contributed by atoms with Crippen molar-refractivity contribution in [1.82, 2.24) is 4.90 Å². The van der Waals surface area contributed by atoms with E-state index >= 15 is 0 Å². The third kappa shape index (κ3) is 4.07. The van der Waals surface area contributed by atoms with Crippen LogP contribution in [0.3, 0.4) is 0 Å². The minimum Gasteiger partial charge on any atom is -0.384 e. The van der Waals surface area contributed by atoms with Gasteiger partial charge in [0.05, 0.1) is 0 Å². The second-order valence-electron chi connectivity index (χ2n) is 5.57. The lowest BCUT2D eigenvalue weighted by molar-refractivity contribution is 0.153. The highest BCUT2D eigenvalue weighted by atomic mass is 32.1. The fourth-order valence-corrected chi connectivity index (χ4v) is 3.56. The summed E-state index contributed by atoms with van der Waals surface area (Å²) < 4.78 is 0. The van der Waals surface area contributed by atoms with Crippen molar-refractivity contribution in [2.75, 3.05) is 19.7 Å². The van der Waals surface area contributed by atoms with Crippen LogP contribution in [0.4, 0.5) is 0 Å². The summed E-state index contributed by atoms with van der Waals surface area (Å²) in [5.41, 5.74) is 1.09. The van der Waals surface area contributed by atoms with Crippen molar-refractivity contribution >= 4 is 11.3 Å². The van der Waals surface area contributed by atoms with Crippen molar-refractivity contribution in [3.05, 3.63) is 21.9 Å². The van der Waals surface area contributed by atoms with E-state index in [1.54, 1.807) is 11.3 Å². The van der Waals surface area contributed by atoms with Crippen molar-refractivity contribution in [1.29, 1.82) is 0 Å². The van der Waals surface area contributed by atoms with E-state index in [1.807, 2.05) is 0 Å². The van der Waals surface area contributed by atoms with Gasteiger partial charge in [-0.05, 0) is 49.2 Å². The second-order valence-corrected chi connectivity index (χ2v) is 6.58. The Morgan fingerprint density at radius 3 is 2.79 bits per heavy atom. The summed E-state index contributed by atoms with van der Waals surface area (Å²) in [4.78, 5) is 3.87. The maximum atomic E-state index is 8.78. The van der Waals surface area contributed by atoms with E-state index in [1.165, 1.54) is 30.8 Å². The molecule has 2 heterocycles. The molecule has 0 atom stereocenters. The van der Waals surface area contributed by atoms with E-state index in [0.29, 0.717) is 0 Å². The van der Waals surface area contributed by atoms with Crippen molar-refractivity contribution in [2.45, 2.75) is 33.2 Å². The van der Waals surface area contributed by atoms with E-state index in [9.17, 15) is 0 Å². The van der Waals surface area contributed by atoms with Gasteiger partial charge in [-0.25, -0.2) is 0 Å². The van der Waals surface area contributed by atoms with Crippen LogP contribution in [0.5, 0.6) is 0 Å². The number of piperidine rings is 1. The molecule has 0 aliphatic carbocycles. The van der Waals surface area contributed by atoms with Gasteiger partial charge in [-0.2, -0.15) is 0 Å². The topological polar surface area (TPSA) is 23.5 Å². The number of thiophene rings is 1. The highest BCUT2D eigenvalue weighted by molar-refractivity contribution is 7.10. The van der Waals surface area contributed by atoms with Gasteiger partial charge in [0.25, 0.3) is 0 Å². The summed E-state index contributed by atoms with van der Waals surface area (Å²) in [7, 11) is 0. The lowest BCUT2D eigenvalue weighted by atomic mass is 9.87. The first kappa shape index (κ1) is 14.6. The average Bonchev–Trinajstić information content (AvgIpc) is 2.84.